The predicted molar refractivity (Wildman–Crippen MR) is 103 cm³/mol. The van der Waals surface area contributed by atoms with Crippen LogP contribution in [-0.4, -0.2) is 38.1 Å². The number of ether oxygens (including phenoxy) is 1. The quantitative estimate of drug-likeness (QED) is 0.558. The molecule has 27 heavy (non-hydrogen) atoms. The van der Waals surface area contributed by atoms with Crippen LogP contribution in [0.1, 0.15) is 29.9 Å². The molecule has 0 saturated heterocycles. The van der Waals surface area contributed by atoms with Gasteiger partial charge >= 0.3 is 5.97 Å². The lowest BCUT2D eigenvalue weighted by molar-refractivity contribution is -0.141. The molecule has 0 saturated carbocycles. The first-order valence-corrected chi connectivity index (χ1v) is 9.67. The number of halogens is 3. The van der Waals surface area contributed by atoms with Gasteiger partial charge in [0, 0.05) is 35.1 Å². The summed E-state index contributed by atoms with van der Waals surface area (Å²) in [5.74, 6) is -0.395. The van der Waals surface area contributed by atoms with E-state index in [4.69, 9.17) is 16.3 Å². The van der Waals surface area contributed by atoms with Gasteiger partial charge in [0.2, 0.25) is 0 Å². The standard InChI is InChI=1S/C18H17BrClFN4O2/c1-9-3-13(19)16(20)17-12(9)6-25(23-17)15(7-27-10(2)26)18-14-4-11(21)5-24(14)8-22-18/h3,6,8,11,15H,4-5,7H2,1-2H3/t11-,15?/m1/s1. The Morgan fingerprint density at radius 1 is 1.56 bits per heavy atom. The maximum Gasteiger partial charge on any atom is 0.302 e. The third-order valence-corrected chi connectivity index (χ3v) is 6.02. The van der Waals surface area contributed by atoms with Crippen molar-refractivity contribution < 1.29 is 13.9 Å². The number of aromatic nitrogens is 4. The molecule has 4 rings (SSSR count). The van der Waals surface area contributed by atoms with Crippen molar-refractivity contribution in [1.82, 2.24) is 19.3 Å². The Bertz CT molecular complexity index is 1050. The van der Waals surface area contributed by atoms with Crippen LogP contribution in [0.15, 0.2) is 23.1 Å². The molecule has 0 fully saturated rings. The second-order valence-corrected chi connectivity index (χ2v) is 7.94. The van der Waals surface area contributed by atoms with E-state index in [0.29, 0.717) is 22.8 Å². The normalized spacial score (nSPS) is 17.3. The largest absolute Gasteiger partial charge is 0.463 e. The molecule has 0 aliphatic carbocycles. The second kappa shape index (κ2) is 6.91. The maximum atomic E-state index is 13.8. The Morgan fingerprint density at radius 2 is 2.33 bits per heavy atom. The first-order chi connectivity index (χ1) is 12.8. The summed E-state index contributed by atoms with van der Waals surface area (Å²) in [5.41, 5.74) is 3.13. The van der Waals surface area contributed by atoms with E-state index >= 15 is 0 Å². The second-order valence-electron chi connectivity index (χ2n) is 6.71. The van der Waals surface area contributed by atoms with E-state index in [-0.39, 0.29) is 13.0 Å². The summed E-state index contributed by atoms with van der Waals surface area (Å²) in [7, 11) is 0. The summed E-state index contributed by atoms with van der Waals surface area (Å²) in [6.07, 6.45) is 2.85. The van der Waals surface area contributed by atoms with Gasteiger partial charge in [0.1, 0.15) is 24.3 Å². The zero-order chi connectivity index (χ0) is 19.3. The number of hydrogen-bond acceptors (Lipinski definition) is 4. The van der Waals surface area contributed by atoms with E-state index in [1.54, 1.807) is 15.6 Å². The highest BCUT2D eigenvalue weighted by Crippen LogP contribution is 2.34. The summed E-state index contributed by atoms with van der Waals surface area (Å²) in [5, 5.41) is 6.04. The molecule has 3 heterocycles. The number of alkyl halides is 1. The van der Waals surface area contributed by atoms with Crippen LogP contribution in [0.4, 0.5) is 4.39 Å². The number of esters is 1. The molecule has 0 bridgehead atoms. The summed E-state index contributed by atoms with van der Waals surface area (Å²) in [6.45, 7) is 3.67. The van der Waals surface area contributed by atoms with Crippen molar-refractivity contribution in [3.63, 3.8) is 0 Å². The van der Waals surface area contributed by atoms with Crippen LogP contribution in [0.25, 0.3) is 10.9 Å². The van der Waals surface area contributed by atoms with Crippen LogP contribution < -0.4 is 0 Å². The topological polar surface area (TPSA) is 61.9 Å². The molecule has 0 spiro atoms. The number of nitrogens with zero attached hydrogens (tertiary/aromatic N) is 4. The van der Waals surface area contributed by atoms with Crippen molar-refractivity contribution in [3.05, 3.63) is 45.0 Å². The summed E-state index contributed by atoms with van der Waals surface area (Å²) in [4.78, 5) is 15.9. The van der Waals surface area contributed by atoms with Crippen LogP contribution in [0.5, 0.6) is 0 Å². The number of carbonyl (C=O) groups excluding carboxylic acids is 1. The molecule has 1 aromatic carbocycles. The van der Waals surface area contributed by atoms with Crippen molar-refractivity contribution in [3.8, 4) is 0 Å². The van der Waals surface area contributed by atoms with Gasteiger partial charge < -0.3 is 9.30 Å². The summed E-state index contributed by atoms with van der Waals surface area (Å²) in [6, 6.07) is 1.47. The highest BCUT2D eigenvalue weighted by molar-refractivity contribution is 9.10. The Kier molecular flexibility index (Phi) is 4.71. The molecule has 6 nitrogen and oxygen atoms in total. The minimum absolute atomic E-state index is 0.0577. The molecule has 1 unspecified atom stereocenters. The molecule has 1 aliphatic heterocycles. The maximum absolute atomic E-state index is 13.8. The van der Waals surface area contributed by atoms with Gasteiger partial charge in [-0.3, -0.25) is 9.48 Å². The molecular weight excluding hydrogens is 439 g/mol. The van der Waals surface area contributed by atoms with Crippen LogP contribution in [-0.2, 0) is 22.5 Å². The van der Waals surface area contributed by atoms with Crippen LogP contribution in [0, 0.1) is 6.92 Å². The van der Waals surface area contributed by atoms with Gasteiger partial charge in [-0.15, -0.1) is 0 Å². The highest BCUT2D eigenvalue weighted by Gasteiger charge is 2.30. The summed E-state index contributed by atoms with van der Waals surface area (Å²) < 4.78 is 23.4. The lowest BCUT2D eigenvalue weighted by atomic mass is 10.1. The molecular formula is C18H17BrClFN4O2. The van der Waals surface area contributed by atoms with E-state index in [1.165, 1.54) is 6.92 Å². The fourth-order valence-corrected chi connectivity index (χ4v) is 4.22. The van der Waals surface area contributed by atoms with E-state index in [1.807, 2.05) is 19.2 Å². The highest BCUT2D eigenvalue weighted by atomic mass is 79.9. The number of benzene rings is 1. The van der Waals surface area contributed by atoms with E-state index < -0.39 is 18.2 Å². The minimum Gasteiger partial charge on any atom is -0.463 e. The Hall–Kier alpha value is -1.93. The molecule has 3 aromatic rings. The number of fused-ring (bicyclic) bond motifs is 2. The third kappa shape index (κ3) is 3.25. The third-order valence-electron chi connectivity index (χ3n) is 4.79. The minimum atomic E-state index is -0.930. The van der Waals surface area contributed by atoms with Crippen LogP contribution in [0.2, 0.25) is 5.02 Å². The van der Waals surface area contributed by atoms with E-state index in [9.17, 15) is 9.18 Å². The Morgan fingerprint density at radius 3 is 3.07 bits per heavy atom. The van der Waals surface area contributed by atoms with Gasteiger partial charge in [-0.05, 0) is 34.5 Å². The smallest absolute Gasteiger partial charge is 0.302 e. The van der Waals surface area contributed by atoms with Gasteiger partial charge in [0.25, 0.3) is 0 Å². The monoisotopic (exact) mass is 454 g/mol. The predicted octanol–water partition coefficient (Wildman–Crippen LogP) is 4.00. The molecule has 142 valence electrons. The first-order valence-electron chi connectivity index (χ1n) is 8.50. The Labute approximate surface area is 168 Å². The van der Waals surface area contributed by atoms with Gasteiger partial charge in [-0.25, -0.2) is 9.37 Å². The first kappa shape index (κ1) is 18.4. The van der Waals surface area contributed by atoms with Crippen molar-refractivity contribution in [1.29, 1.82) is 0 Å². The summed E-state index contributed by atoms with van der Waals surface area (Å²) >= 11 is 9.85. The molecule has 0 amide bonds. The number of aryl methyl sites for hydroxylation is 1. The molecule has 9 heteroatoms. The average molecular weight is 456 g/mol. The number of hydrogen-bond donors (Lipinski definition) is 0. The zero-order valence-electron chi connectivity index (χ0n) is 14.7. The van der Waals surface area contributed by atoms with Gasteiger partial charge in [0.05, 0.1) is 23.6 Å². The van der Waals surface area contributed by atoms with Crippen molar-refractivity contribution >= 4 is 44.4 Å². The average Bonchev–Trinajstić information content (AvgIpc) is 3.28. The van der Waals surface area contributed by atoms with E-state index in [0.717, 1.165) is 21.1 Å². The molecule has 2 aromatic heterocycles. The van der Waals surface area contributed by atoms with E-state index in [2.05, 4.69) is 26.0 Å². The zero-order valence-corrected chi connectivity index (χ0v) is 17.1. The van der Waals surface area contributed by atoms with Gasteiger partial charge in [-0.1, -0.05) is 11.6 Å². The van der Waals surface area contributed by atoms with Crippen molar-refractivity contribution in [2.45, 2.75) is 39.0 Å². The SMILES string of the molecule is CC(=O)OCC(c1ncn2c1C[C@@H](F)C2)n1cc2c(C)cc(Br)c(Cl)c2n1. The van der Waals surface area contributed by atoms with Crippen molar-refractivity contribution in [2.24, 2.45) is 0 Å². The fourth-order valence-electron chi connectivity index (χ4n) is 3.49. The number of carbonyl (C=O) groups is 1. The lowest BCUT2D eigenvalue weighted by Gasteiger charge is -2.16. The van der Waals surface area contributed by atoms with Crippen LogP contribution >= 0.6 is 27.5 Å². The van der Waals surface area contributed by atoms with Crippen LogP contribution in [0.3, 0.4) is 0 Å². The Balaban J connectivity index is 1.82. The number of imidazole rings is 1. The lowest BCUT2D eigenvalue weighted by Crippen LogP contribution is -2.21. The molecule has 0 N–H and O–H groups in total. The van der Waals surface area contributed by atoms with Crippen molar-refractivity contribution in [2.75, 3.05) is 6.61 Å². The number of rotatable bonds is 4. The molecule has 0 radical (unpaired) electrons. The van der Waals surface area contributed by atoms with Gasteiger partial charge in [-0.2, -0.15) is 5.10 Å². The fraction of sp³-hybridized carbons (Fsp3) is 0.389. The van der Waals surface area contributed by atoms with Gasteiger partial charge in [0.15, 0.2) is 0 Å². The molecule has 2 atom stereocenters. The molecule has 1 aliphatic rings.